The van der Waals surface area contributed by atoms with Crippen molar-refractivity contribution in [2.75, 3.05) is 27.9 Å². The van der Waals surface area contributed by atoms with E-state index < -0.39 is 5.97 Å². The van der Waals surface area contributed by atoms with Gasteiger partial charge in [0.2, 0.25) is 10.6 Å². The lowest BCUT2D eigenvalue weighted by Crippen LogP contribution is -2.19. The number of aromatic nitrogens is 1. The van der Waals surface area contributed by atoms with Crippen LogP contribution in [0.15, 0.2) is 58.0 Å². The Bertz CT molecular complexity index is 1110. The Balaban J connectivity index is 2.03. The first-order valence-corrected chi connectivity index (χ1v) is 10.3. The van der Waals surface area contributed by atoms with Gasteiger partial charge in [-0.15, -0.1) is 16.4 Å². The predicted molar refractivity (Wildman–Crippen MR) is 119 cm³/mol. The van der Waals surface area contributed by atoms with Crippen molar-refractivity contribution >= 4 is 23.5 Å². The molecular formula is C22H23N3O5S. The molecule has 9 heteroatoms. The first kappa shape index (κ1) is 22.1. The van der Waals surface area contributed by atoms with Crippen molar-refractivity contribution in [2.45, 2.75) is 6.92 Å². The van der Waals surface area contributed by atoms with Crippen molar-refractivity contribution in [3.8, 4) is 22.9 Å². The molecule has 1 heterocycles. The lowest BCUT2D eigenvalue weighted by molar-refractivity contribution is 0.0516. The highest BCUT2D eigenvalue weighted by molar-refractivity contribution is 7.07. The number of hydrogen-bond donors (Lipinski definition) is 0. The van der Waals surface area contributed by atoms with Crippen LogP contribution in [0.25, 0.3) is 5.69 Å². The minimum Gasteiger partial charge on any atom is -0.493 e. The standard InChI is InChI=1S/C22H23N3O5S/c1-5-30-21(26)17-14-31-22(25(17)16-9-7-6-8-10-16)24-23-13-15-11-18(27-2)20(29-4)19(12-15)28-3/h6-14H,5H2,1-4H3. The van der Waals surface area contributed by atoms with Gasteiger partial charge in [0.15, 0.2) is 11.5 Å². The minimum absolute atomic E-state index is 0.287. The minimum atomic E-state index is -0.419. The molecule has 0 saturated heterocycles. The molecule has 0 aliphatic carbocycles. The number of nitrogens with zero attached hydrogens (tertiary/aromatic N) is 3. The highest BCUT2D eigenvalue weighted by Crippen LogP contribution is 2.37. The summed E-state index contributed by atoms with van der Waals surface area (Å²) in [4.78, 5) is 12.9. The molecule has 0 atom stereocenters. The second-order valence-corrected chi connectivity index (χ2v) is 6.93. The van der Waals surface area contributed by atoms with E-state index in [1.165, 1.54) is 11.3 Å². The van der Waals surface area contributed by atoms with Gasteiger partial charge in [-0.05, 0) is 31.2 Å². The summed E-state index contributed by atoms with van der Waals surface area (Å²) in [7, 11) is 4.64. The van der Waals surface area contributed by atoms with Gasteiger partial charge >= 0.3 is 5.97 Å². The molecule has 0 aliphatic rings. The molecule has 162 valence electrons. The van der Waals surface area contributed by atoms with Crippen LogP contribution in [-0.2, 0) is 4.74 Å². The van der Waals surface area contributed by atoms with Crippen LogP contribution in [0.5, 0.6) is 17.2 Å². The zero-order chi connectivity index (χ0) is 22.2. The van der Waals surface area contributed by atoms with E-state index in [1.54, 1.807) is 56.5 Å². The first-order valence-electron chi connectivity index (χ1n) is 9.43. The molecule has 1 aromatic heterocycles. The van der Waals surface area contributed by atoms with Crippen molar-refractivity contribution in [2.24, 2.45) is 10.2 Å². The maximum absolute atomic E-state index is 12.4. The van der Waals surface area contributed by atoms with Gasteiger partial charge in [0.05, 0.1) is 34.2 Å². The van der Waals surface area contributed by atoms with Crippen molar-refractivity contribution in [3.05, 3.63) is 63.9 Å². The summed E-state index contributed by atoms with van der Waals surface area (Å²) in [5, 5.41) is 10.2. The summed E-state index contributed by atoms with van der Waals surface area (Å²) in [6.07, 6.45) is 1.57. The fourth-order valence-corrected chi connectivity index (χ4v) is 3.70. The normalized spacial score (nSPS) is 11.5. The Kier molecular flexibility index (Phi) is 7.45. The molecular weight excluding hydrogens is 418 g/mol. The van der Waals surface area contributed by atoms with Crippen LogP contribution in [-0.4, -0.2) is 44.7 Å². The molecule has 0 radical (unpaired) electrons. The van der Waals surface area contributed by atoms with Crippen molar-refractivity contribution in [1.82, 2.24) is 4.57 Å². The van der Waals surface area contributed by atoms with Gasteiger partial charge in [0, 0.05) is 16.6 Å². The van der Waals surface area contributed by atoms with E-state index in [0.717, 1.165) is 5.69 Å². The van der Waals surface area contributed by atoms with Gasteiger partial charge in [-0.2, -0.15) is 5.10 Å². The molecule has 0 amide bonds. The molecule has 0 saturated carbocycles. The van der Waals surface area contributed by atoms with Crippen LogP contribution in [0.4, 0.5) is 0 Å². The number of hydrogen-bond acceptors (Lipinski definition) is 8. The highest BCUT2D eigenvalue weighted by Gasteiger charge is 2.16. The third-order valence-electron chi connectivity index (χ3n) is 4.24. The van der Waals surface area contributed by atoms with E-state index in [2.05, 4.69) is 10.2 Å². The SMILES string of the molecule is CCOC(=O)c1csc(=NN=Cc2cc(OC)c(OC)c(OC)c2)n1-c1ccccc1. The second kappa shape index (κ2) is 10.4. The van der Waals surface area contributed by atoms with Crippen molar-refractivity contribution in [3.63, 3.8) is 0 Å². The molecule has 0 unspecified atom stereocenters. The van der Waals surface area contributed by atoms with E-state index in [0.29, 0.717) is 33.3 Å². The molecule has 0 spiro atoms. The van der Waals surface area contributed by atoms with Gasteiger partial charge in [-0.3, -0.25) is 4.57 Å². The van der Waals surface area contributed by atoms with E-state index in [-0.39, 0.29) is 6.61 Å². The summed E-state index contributed by atoms with van der Waals surface area (Å²) in [6.45, 7) is 2.05. The number of carbonyl (C=O) groups excluding carboxylic acids is 1. The zero-order valence-electron chi connectivity index (χ0n) is 17.7. The Hall–Kier alpha value is -3.59. The molecule has 2 aromatic carbocycles. The lowest BCUT2D eigenvalue weighted by Gasteiger charge is -2.12. The molecule has 0 aliphatic heterocycles. The molecule has 8 nitrogen and oxygen atoms in total. The number of para-hydroxylation sites is 1. The smallest absolute Gasteiger partial charge is 0.356 e. The average molecular weight is 442 g/mol. The van der Waals surface area contributed by atoms with E-state index in [9.17, 15) is 4.79 Å². The van der Waals surface area contributed by atoms with Gasteiger partial charge in [0.1, 0.15) is 5.69 Å². The number of ether oxygens (including phenoxy) is 4. The second-order valence-electron chi connectivity index (χ2n) is 6.10. The lowest BCUT2D eigenvalue weighted by atomic mass is 10.2. The van der Waals surface area contributed by atoms with E-state index in [1.807, 2.05) is 30.3 Å². The molecule has 0 N–H and O–H groups in total. The van der Waals surface area contributed by atoms with Crippen LogP contribution < -0.4 is 19.0 Å². The maximum atomic E-state index is 12.4. The molecule has 0 fully saturated rings. The van der Waals surface area contributed by atoms with Crippen LogP contribution in [0.2, 0.25) is 0 Å². The number of esters is 1. The topological polar surface area (TPSA) is 83.6 Å². The maximum Gasteiger partial charge on any atom is 0.356 e. The summed E-state index contributed by atoms with van der Waals surface area (Å²) in [5.41, 5.74) is 1.89. The number of carbonyl (C=O) groups is 1. The number of thiazole rings is 1. The average Bonchev–Trinajstić information content (AvgIpc) is 3.23. The predicted octanol–water partition coefficient (Wildman–Crippen LogP) is 3.68. The quantitative estimate of drug-likeness (QED) is 0.303. The van der Waals surface area contributed by atoms with Crippen LogP contribution >= 0.6 is 11.3 Å². The fraction of sp³-hybridized carbons (Fsp3) is 0.227. The van der Waals surface area contributed by atoms with Crippen LogP contribution in [0, 0.1) is 0 Å². The summed E-state index contributed by atoms with van der Waals surface area (Å²) < 4.78 is 23.0. The van der Waals surface area contributed by atoms with Crippen LogP contribution in [0.1, 0.15) is 23.0 Å². The number of rotatable bonds is 8. The summed E-state index contributed by atoms with van der Waals surface area (Å²) >= 11 is 1.29. The van der Waals surface area contributed by atoms with Crippen LogP contribution in [0.3, 0.4) is 0 Å². The molecule has 3 aromatic rings. The zero-order valence-corrected chi connectivity index (χ0v) is 18.5. The molecule has 0 bridgehead atoms. The third kappa shape index (κ3) is 4.95. The Morgan fingerprint density at radius 1 is 1.06 bits per heavy atom. The Labute approximate surface area is 184 Å². The largest absolute Gasteiger partial charge is 0.493 e. The number of benzene rings is 2. The summed E-state index contributed by atoms with van der Waals surface area (Å²) in [6, 6.07) is 13.0. The van der Waals surface area contributed by atoms with Crippen molar-refractivity contribution in [1.29, 1.82) is 0 Å². The Morgan fingerprint density at radius 3 is 2.32 bits per heavy atom. The van der Waals surface area contributed by atoms with Crippen molar-refractivity contribution < 1.29 is 23.7 Å². The molecule has 3 rings (SSSR count). The third-order valence-corrected chi connectivity index (χ3v) is 5.06. The molecule has 31 heavy (non-hydrogen) atoms. The highest BCUT2D eigenvalue weighted by atomic mass is 32.1. The fourth-order valence-electron chi connectivity index (χ4n) is 2.88. The summed E-state index contributed by atoms with van der Waals surface area (Å²) in [5.74, 6) is 1.11. The van der Waals surface area contributed by atoms with Gasteiger partial charge < -0.3 is 18.9 Å². The van der Waals surface area contributed by atoms with E-state index >= 15 is 0 Å². The number of methoxy groups -OCH3 is 3. The van der Waals surface area contributed by atoms with Gasteiger partial charge in [-0.1, -0.05) is 18.2 Å². The first-order chi connectivity index (χ1) is 15.1. The van der Waals surface area contributed by atoms with Gasteiger partial charge in [0.25, 0.3) is 0 Å². The Morgan fingerprint density at radius 2 is 1.74 bits per heavy atom. The monoisotopic (exact) mass is 441 g/mol. The van der Waals surface area contributed by atoms with E-state index in [4.69, 9.17) is 18.9 Å². The van der Waals surface area contributed by atoms with Gasteiger partial charge in [-0.25, -0.2) is 4.79 Å².